The molecule has 17 heavy (non-hydrogen) atoms. The van der Waals surface area contributed by atoms with E-state index in [9.17, 15) is 0 Å². The zero-order chi connectivity index (χ0) is 12.1. The molecule has 1 atom stereocenters. The van der Waals surface area contributed by atoms with E-state index in [0.717, 1.165) is 17.7 Å². The van der Waals surface area contributed by atoms with E-state index in [4.69, 9.17) is 11.6 Å². The van der Waals surface area contributed by atoms with Gasteiger partial charge >= 0.3 is 0 Å². The summed E-state index contributed by atoms with van der Waals surface area (Å²) >= 11 is 0. The van der Waals surface area contributed by atoms with Crippen molar-refractivity contribution >= 4 is 5.82 Å². The van der Waals surface area contributed by atoms with Gasteiger partial charge < -0.3 is 5.73 Å². The molecule has 5 nitrogen and oxygen atoms in total. The number of nitrogens with zero attached hydrogens (tertiary/aromatic N) is 2. The molecule has 0 amide bonds. The summed E-state index contributed by atoms with van der Waals surface area (Å²) in [6, 6.07) is 9.49. The van der Waals surface area contributed by atoms with Crippen molar-refractivity contribution in [1.29, 1.82) is 0 Å². The minimum absolute atomic E-state index is 0.0296. The van der Waals surface area contributed by atoms with Crippen LogP contribution in [0, 0.1) is 0 Å². The smallest absolute Gasteiger partial charge is 0.123 e. The number of hydrogen-bond donors (Lipinski definition) is 3. The van der Waals surface area contributed by atoms with Crippen LogP contribution in [0.5, 0.6) is 0 Å². The molecule has 88 valence electrons. The molecule has 0 saturated heterocycles. The van der Waals surface area contributed by atoms with Crippen LogP contribution in [0.4, 0.5) is 5.82 Å². The third kappa shape index (κ3) is 2.99. The molecule has 2 aromatic rings. The fraction of sp³-hybridized carbons (Fsp3) is 0.167. The predicted octanol–water partition coefficient (Wildman–Crippen LogP) is 0.806. The highest BCUT2D eigenvalue weighted by molar-refractivity contribution is 5.32. The first-order valence-corrected chi connectivity index (χ1v) is 5.37. The first-order valence-electron chi connectivity index (χ1n) is 5.37. The van der Waals surface area contributed by atoms with Gasteiger partial charge in [-0.15, -0.1) is 0 Å². The minimum atomic E-state index is -0.0296. The molecular formula is C12H15N5. The van der Waals surface area contributed by atoms with Crippen LogP contribution >= 0.6 is 0 Å². The van der Waals surface area contributed by atoms with Crippen molar-refractivity contribution in [2.75, 3.05) is 5.73 Å². The quantitative estimate of drug-likeness (QED) is 0.533. The molecule has 2 heterocycles. The number of hydrogen-bond acceptors (Lipinski definition) is 5. The first kappa shape index (κ1) is 11.5. The van der Waals surface area contributed by atoms with E-state index >= 15 is 0 Å². The zero-order valence-electron chi connectivity index (χ0n) is 9.38. The molecule has 5 heteroatoms. The molecule has 0 fully saturated rings. The molecule has 0 radical (unpaired) electrons. The van der Waals surface area contributed by atoms with Crippen LogP contribution in [0.15, 0.2) is 42.7 Å². The number of nitrogens with one attached hydrogen (secondary N) is 1. The number of hydrazine groups is 1. The zero-order valence-corrected chi connectivity index (χ0v) is 9.38. The predicted molar refractivity (Wildman–Crippen MR) is 66.7 cm³/mol. The van der Waals surface area contributed by atoms with Crippen LogP contribution in [0.3, 0.4) is 0 Å². The molecule has 5 N–H and O–H groups in total. The van der Waals surface area contributed by atoms with Crippen molar-refractivity contribution in [2.45, 2.75) is 12.5 Å². The summed E-state index contributed by atoms with van der Waals surface area (Å²) < 4.78 is 0. The number of rotatable bonds is 4. The Morgan fingerprint density at radius 1 is 1.18 bits per heavy atom. The van der Waals surface area contributed by atoms with E-state index in [1.54, 1.807) is 12.4 Å². The van der Waals surface area contributed by atoms with Crippen LogP contribution in [0.1, 0.15) is 17.3 Å². The molecule has 0 aromatic carbocycles. The van der Waals surface area contributed by atoms with E-state index in [2.05, 4.69) is 15.4 Å². The maximum absolute atomic E-state index is 5.64. The lowest BCUT2D eigenvalue weighted by atomic mass is 10.0. The average molecular weight is 229 g/mol. The van der Waals surface area contributed by atoms with E-state index in [-0.39, 0.29) is 6.04 Å². The summed E-state index contributed by atoms with van der Waals surface area (Å²) in [5.74, 6) is 6.07. The van der Waals surface area contributed by atoms with E-state index < -0.39 is 0 Å². The van der Waals surface area contributed by atoms with Crippen molar-refractivity contribution < 1.29 is 0 Å². The second-order valence-corrected chi connectivity index (χ2v) is 3.77. The van der Waals surface area contributed by atoms with Gasteiger partial charge in [-0.25, -0.2) is 4.98 Å². The molecule has 2 aromatic heterocycles. The van der Waals surface area contributed by atoms with Gasteiger partial charge in [-0.2, -0.15) is 0 Å². The molecule has 1 unspecified atom stereocenters. The van der Waals surface area contributed by atoms with Gasteiger partial charge in [-0.3, -0.25) is 16.3 Å². The van der Waals surface area contributed by atoms with Crippen molar-refractivity contribution in [1.82, 2.24) is 15.4 Å². The number of aromatic nitrogens is 2. The summed E-state index contributed by atoms with van der Waals surface area (Å²) in [7, 11) is 0. The Hall–Kier alpha value is -1.98. The number of nitrogen functional groups attached to an aromatic ring is 1. The van der Waals surface area contributed by atoms with Gasteiger partial charge in [0, 0.05) is 12.4 Å². The van der Waals surface area contributed by atoms with Crippen molar-refractivity contribution in [3.8, 4) is 0 Å². The lowest BCUT2D eigenvalue weighted by molar-refractivity contribution is 0.538. The highest BCUT2D eigenvalue weighted by Crippen LogP contribution is 2.16. The standard InChI is InChI=1S/C12H15N5/c13-12-8-9(4-6-16-12)7-11(17-14)10-3-1-2-5-15-10/h1-6,8,11,17H,7,14H2,(H2,13,16). The van der Waals surface area contributed by atoms with Crippen LogP contribution in [0.2, 0.25) is 0 Å². The molecule has 0 aliphatic heterocycles. The topological polar surface area (TPSA) is 89.8 Å². The van der Waals surface area contributed by atoms with Gasteiger partial charge in [0.05, 0.1) is 11.7 Å². The fourth-order valence-corrected chi connectivity index (χ4v) is 1.69. The van der Waals surface area contributed by atoms with Gasteiger partial charge in [0.25, 0.3) is 0 Å². The Bertz CT molecular complexity index is 471. The molecule has 0 bridgehead atoms. The summed E-state index contributed by atoms with van der Waals surface area (Å²) in [5.41, 5.74) is 10.4. The van der Waals surface area contributed by atoms with Crippen molar-refractivity contribution in [2.24, 2.45) is 5.84 Å². The molecular weight excluding hydrogens is 214 g/mol. The normalized spacial score (nSPS) is 12.3. The number of anilines is 1. The largest absolute Gasteiger partial charge is 0.384 e. The molecule has 0 aliphatic rings. The Balaban J connectivity index is 2.16. The highest BCUT2D eigenvalue weighted by Gasteiger charge is 2.11. The maximum atomic E-state index is 5.64. The summed E-state index contributed by atoms with van der Waals surface area (Å²) in [4.78, 5) is 8.24. The van der Waals surface area contributed by atoms with E-state index in [1.165, 1.54) is 0 Å². The van der Waals surface area contributed by atoms with Crippen molar-refractivity contribution in [3.63, 3.8) is 0 Å². The SMILES string of the molecule is NNC(Cc1ccnc(N)c1)c1ccccn1. The van der Waals surface area contributed by atoms with Crippen LogP contribution in [0.25, 0.3) is 0 Å². The molecule has 2 rings (SSSR count). The summed E-state index contributed by atoms with van der Waals surface area (Å²) in [5, 5.41) is 0. The second-order valence-electron chi connectivity index (χ2n) is 3.77. The Labute approximate surface area is 99.9 Å². The second kappa shape index (κ2) is 5.38. The lowest BCUT2D eigenvalue weighted by Crippen LogP contribution is -2.30. The third-order valence-corrected chi connectivity index (χ3v) is 2.53. The van der Waals surface area contributed by atoms with E-state index in [0.29, 0.717) is 5.82 Å². The minimum Gasteiger partial charge on any atom is -0.384 e. The average Bonchev–Trinajstić information content (AvgIpc) is 2.37. The van der Waals surface area contributed by atoms with Gasteiger partial charge in [0.1, 0.15) is 5.82 Å². The molecule has 0 spiro atoms. The fourth-order valence-electron chi connectivity index (χ4n) is 1.69. The van der Waals surface area contributed by atoms with Gasteiger partial charge in [-0.05, 0) is 36.2 Å². The highest BCUT2D eigenvalue weighted by atomic mass is 15.2. The number of pyridine rings is 2. The maximum Gasteiger partial charge on any atom is 0.123 e. The lowest BCUT2D eigenvalue weighted by Gasteiger charge is -2.15. The van der Waals surface area contributed by atoms with E-state index in [1.807, 2.05) is 30.3 Å². The monoisotopic (exact) mass is 229 g/mol. The summed E-state index contributed by atoms with van der Waals surface area (Å²) in [6.07, 6.45) is 4.16. The van der Waals surface area contributed by atoms with Gasteiger partial charge in [0.2, 0.25) is 0 Å². The van der Waals surface area contributed by atoms with Gasteiger partial charge in [0.15, 0.2) is 0 Å². The van der Waals surface area contributed by atoms with Crippen LogP contribution in [-0.2, 0) is 6.42 Å². The van der Waals surface area contributed by atoms with Gasteiger partial charge in [-0.1, -0.05) is 6.07 Å². The summed E-state index contributed by atoms with van der Waals surface area (Å²) in [6.45, 7) is 0. The third-order valence-electron chi connectivity index (χ3n) is 2.53. The van der Waals surface area contributed by atoms with Crippen molar-refractivity contribution in [3.05, 3.63) is 54.0 Å². The van der Waals surface area contributed by atoms with Crippen LogP contribution in [-0.4, -0.2) is 9.97 Å². The molecule has 0 saturated carbocycles. The Morgan fingerprint density at radius 2 is 2.06 bits per heavy atom. The molecule has 0 aliphatic carbocycles. The Kier molecular flexibility index (Phi) is 3.64. The first-order chi connectivity index (χ1) is 8.29. The van der Waals surface area contributed by atoms with Crippen LogP contribution < -0.4 is 17.0 Å². The Morgan fingerprint density at radius 3 is 2.71 bits per heavy atom. The number of nitrogens with two attached hydrogens (primary N) is 2.